The van der Waals surface area contributed by atoms with Gasteiger partial charge in [-0.05, 0) is 30.3 Å². The van der Waals surface area contributed by atoms with Crippen molar-refractivity contribution in [2.24, 2.45) is 0 Å². The zero-order valence-corrected chi connectivity index (χ0v) is 12.7. The molecule has 1 aliphatic heterocycles. The summed E-state index contributed by atoms with van der Waals surface area (Å²) in [6.07, 6.45) is 1.09. The fourth-order valence-corrected chi connectivity index (χ4v) is 2.92. The van der Waals surface area contributed by atoms with Gasteiger partial charge < -0.3 is 5.32 Å². The Morgan fingerprint density at radius 1 is 1.14 bits per heavy atom. The summed E-state index contributed by atoms with van der Waals surface area (Å²) in [7, 11) is -3.36. The Morgan fingerprint density at radius 3 is 2.68 bits per heavy atom. The largest absolute Gasteiger partial charge is 0.367 e. The number of carbonyl (C=O) groups is 1. The molecule has 0 fully saturated rings. The molecule has 1 heterocycles. The molecule has 0 atom stereocenters. The van der Waals surface area contributed by atoms with E-state index in [2.05, 4.69) is 10.0 Å². The SMILES string of the molecule is CS(=O)(=O)Nc1cccc(N2CNc3ccccc3C2=O)c1. The van der Waals surface area contributed by atoms with E-state index in [1.54, 1.807) is 35.2 Å². The van der Waals surface area contributed by atoms with Crippen LogP contribution in [0.1, 0.15) is 10.4 Å². The van der Waals surface area contributed by atoms with Gasteiger partial charge in [0.25, 0.3) is 5.91 Å². The van der Waals surface area contributed by atoms with Crippen LogP contribution in [0.2, 0.25) is 0 Å². The van der Waals surface area contributed by atoms with E-state index in [4.69, 9.17) is 0 Å². The number of amides is 1. The molecule has 3 rings (SSSR count). The Kier molecular flexibility index (Phi) is 3.50. The van der Waals surface area contributed by atoms with Crippen LogP contribution in [0.25, 0.3) is 0 Å². The van der Waals surface area contributed by atoms with Gasteiger partial charge in [-0.3, -0.25) is 14.4 Å². The summed E-state index contributed by atoms with van der Waals surface area (Å²) < 4.78 is 25.0. The van der Waals surface area contributed by atoms with Gasteiger partial charge in [-0.15, -0.1) is 0 Å². The van der Waals surface area contributed by atoms with E-state index in [1.807, 2.05) is 18.2 Å². The Morgan fingerprint density at radius 2 is 1.91 bits per heavy atom. The standard InChI is InChI=1S/C15H15N3O3S/c1-22(20,21)17-11-5-4-6-12(9-11)18-10-16-14-8-3-2-7-13(14)15(18)19/h2-9,16-17H,10H2,1H3. The second-order valence-corrected chi connectivity index (χ2v) is 6.79. The van der Waals surface area contributed by atoms with Crippen molar-refractivity contribution < 1.29 is 13.2 Å². The first kappa shape index (κ1) is 14.4. The lowest BCUT2D eigenvalue weighted by Gasteiger charge is -2.30. The molecular formula is C15H15N3O3S. The first-order chi connectivity index (χ1) is 10.4. The van der Waals surface area contributed by atoms with Crippen LogP contribution in [0.3, 0.4) is 0 Å². The lowest BCUT2D eigenvalue weighted by Crippen LogP contribution is -2.40. The maximum absolute atomic E-state index is 12.6. The number of anilines is 3. The van der Waals surface area contributed by atoms with Crippen molar-refractivity contribution in [3.05, 3.63) is 54.1 Å². The third-order valence-corrected chi connectivity index (χ3v) is 3.90. The van der Waals surface area contributed by atoms with Crippen LogP contribution in [0.4, 0.5) is 17.1 Å². The highest BCUT2D eigenvalue weighted by atomic mass is 32.2. The maximum Gasteiger partial charge on any atom is 0.261 e. The molecule has 6 nitrogen and oxygen atoms in total. The molecule has 114 valence electrons. The molecule has 0 saturated carbocycles. The number of nitrogens with one attached hydrogen (secondary N) is 2. The summed E-state index contributed by atoms with van der Waals surface area (Å²) in [5, 5.41) is 3.18. The van der Waals surface area contributed by atoms with Crippen LogP contribution in [0.5, 0.6) is 0 Å². The molecule has 0 aliphatic carbocycles. The molecule has 0 spiro atoms. The second-order valence-electron chi connectivity index (χ2n) is 5.04. The summed E-state index contributed by atoms with van der Waals surface area (Å²) in [4.78, 5) is 14.1. The Hall–Kier alpha value is -2.54. The smallest absolute Gasteiger partial charge is 0.261 e. The number of sulfonamides is 1. The number of benzene rings is 2. The highest BCUT2D eigenvalue weighted by Gasteiger charge is 2.24. The molecule has 1 amide bonds. The van der Waals surface area contributed by atoms with Crippen molar-refractivity contribution in [3.63, 3.8) is 0 Å². The molecular weight excluding hydrogens is 302 g/mol. The predicted molar refractivity (Wildman–Crippen MR) is 86.6 cm³/mol. The van der Waals surface area contributed by atoms with E-state index in [0.29, 0.717) is 23.6 Å². The maximum atomic E-state index is 12.6. The Labute approximate surface area is 128 Å². The zero-order chi connectivity index (χ0) is 15.7. The van der Waals surface area contributed by atoms with Gasteiger partial charge in [-0.25, -0.2) is 8.42 Å². The van der Waals surface area contributed by atoms with Crippen molar-refractivity contribution in [3.8, 4) is 0 Å². The van der Waals surface area contributed by atoms with Crippen LogP contribution in [0.15, 0.2) is 48.5 Å². The quantitative estimate of drug-likeness (QED) is 0.908. The average molecular weight is 317 g/mol. The molecule has 22 heavy (non-hydrogen) atoms. The number of fused-ring (bicyclic) bond motifs is 1. The van der Waals surface area contributed by atoms with Crippen molar-refractivity contribution in [2.45, 2.75) is 0 Å². The lowest BCUT2D eigenvalue weighted by atomic mass is 10.1. The average Bonchev–Trinajstić information content (AvgIpc) is 2.46. The fraction of sp³-hybridized carbons (Fsp3) is 0.133. The number of rotatable bonds is 3. The van der Waals surface area contributed by atoms with Crippen LogP contribution >= 0.6 is 0 Å². The summed E-state index contributed by atoms with van der Waals surface area (Å²) in [6, 6.07) is 14.0. The summed E-state index contributed by atoms with van der Waals surface area (Å²) in [6.45, 7) is 0.332. The Bertz CT molecular complexity index is 833. The second kappa shape index (κ2) is 5.34. The first-order valence-electron chi connectivity index (χ1n) is 6.67. The van der Waals surface area contributed by atoms with Gasteiger partial charge in [-0.1, -0.05) is 18.2 Å². The number of hydrogen-bond acceptors (Lipinski definition) is 4. The molecule has 1 aliphatic rings. The number of carbonyl (C=O) groups excluding carboxylic acids is 1. The minimum absolute atomic E-state index is 0.120. The van der Waals surface area contributed by atoms with E-state index >= 15 is 0 Å². The highest BCUT2D eigenvalue weighted by Crippen LogP contribution is 2.27. The third-order valence-electron chi connectivity index (χ3n) is 3.29. The molecule has 7 heteroatoms. The molecule has 2 N–H and O–H groups in total. The summed E-state index contributed by atoms with van der Waals surface area (Å²) in [5.41, 5.74) is 2.44. The van der Waals surface area contributed by atoms with E-state index in [-0.39, 0.29) is 5.91 Å². The van der Waals surface area contributed by atoms with E-state index in [9.17, 15) is 13.2 Å². The van der Waals surface area contributed by atoms with Gasteiger partial charge in [0.2, 0.25) is 10.0 Å². The number of hydrogen-bond donors (Lipinski definition) is 2. The molecule has 0 unspecified atom stereocenters. The molecule has 2 aromatic rings. The van der Waals surface area contributed by atoms with Gasteiger partial charge in [0.1, 0.15) is 0 Å². The number of nitrogens with zero attached hydrogens (tertiary/aromatic N) is 1. The molecule has 0 radical (unpaired) electrons. The van der Waals surface area contributed by atoms with Gasteiger partial charge in [0.05, 0.1) is 24.2 Å². The monoisotopic (exact) mass is 317 g/mol. The van der Waals surface area contributed by atoms with Gasteiger partial charge >= 0.3 is 0 Å². The summed E-state index contributed by atoms with van der Waals surface area (Å²) >= 11 is 0. The van der Waals surface area contributed by atoms with Crippen LogP contribution in [-0.2, 0) is 10.0 Å². The fourth-order valence-electron chi connectivity index (χ4n) is 2.37. The minimum atomic E-state index is -3.36. The number of para-hydroxylation sites is 1. The third kappa shape index (κ3) is 2.89. The minimum Gasteiger partial charge on any atom is -0.367 e. The van der Waals surface area contributed by atoms with Crippen LogP contribution in [-0.4, -0.2) is 27.2 Å². The van der Waals surface area contributed by atoms with E-state index in [1.165, 1.54) is 0 Å². The Balaban J connectivity index is 1.93. The first-order valence-corrected chi connectivity index (χ1v) is 8.56. The van der Waals surface area contributed by atoms with E-state index in [0.717, 1.165) is 11.9 Å². The summed E-state index contributed by atoms with van der Waals surface area (Å²) in [5.74, 6) is -0.120. The highest BCUT2D eigenvalue weighted by molar-refractivity contribution is 7.92. The van der Waals surface area contributed by atoms with E-state index < -0.39 is 10.0 Å². The van der Waals surface area contributed by atoms with Gasteiger partial charge in [0.15, 0.2) is 0 Å². The molecule has 0 bridgehead atoms. The molecule has 2 aromatic carbocycles. The van der Waals surface area contributed by atoms with Crippen molar-refractivity contribution in [2.75, 3.05) is 27.9 Å². The molecule has 0 saturated heterocycles. The van der Waals surface area contributed by atoms with Crippen LogP contribution < -0.4 is 14.9 Å². The van der Waals surface area contributed by atoms with Gasteiger partial charge in [-0.2, -0.15) is 0 Å². The topological polar surface area (TPSA) is 78.5 Å². The predicted octanol–water partition coefficient (Wildman–Crippen LogP) is 2.09. The van der Waals surface area contributed by atoms with Gasteiger partial charge in [0, 0.05) is 11.4 Å². The lowest BCUT2D eigenvalue weighted by molar-refractivity contribution is 0.0986. The van der Waals surface area contributed by atoms with Crippen LogP contribution in [0, 0.1) is 0 Å². The normalized spacial score (nSPS) is 14.2. The van der Waals surface area contributed by atoms with Crippen molar-refractivity contribution >= 4 is 33.0 Å². The molecule has 0 aromatic heterocycles. The van der Waals surface area contributed by atoms with Crippen molar-refractivity contribution in [1.82, 2.24) is 0 Å². The zero-order valence-electron chi connectivity index (χ0n) is 11.9. The van der Waals surface area contributed by atoms with Crippen molar-refractivity contribution in [1.29, 1.82) is 0 Å².